The number of amides is 1. The van der Waals surface area contributed by atoms with E-state index in [1.54, 1.807) is 60.7 Å². The van der Waals surface area contributed by atoms with Gasteiger partial charge in [0, 0.05) is 11.6 Å². The number of para-hydroxylation sites is 1. The van der Waals surface area contributed by atoms with Crippen molar-refractivity contribution in [3.8, 4) is 0 Å². The second kappa shape index (κ2) is 7.33. The summed E-state index contributed by atoms with van der Waals surface area (Å²) in [6.45, 7) is 1.83. The van der Waals surface area contributed by atoms with E-state index in [0.717, 1.165) is 5.56 Å². The number of carbonyl (C=O) groups is 1. The Morgan fingerprint density at radius 1 is 1.03 bits per heavy atom. The number of sulfonamides is 1. The number of nitrogens with zero attached hydrogens (tertiary/aromatic N) is 1. The number of rotatable bonds is 4. The largest absolute Gasteiger partial charge is 0.319 e. The third kappa shape index (κ3) is 3.49. The van der Waals surface area contributed by atoms with Crippen LogP contribution in [0.4, 0.5) is 15.8 Å². The van der Waals surface area contributed by atoms with Gasteiger partial charge >= 0.3 is 0 Å². The van der Waals surface area contributed by atoms with Crippen LogP contribution in [-0.4, -0.2) is 20.4 Å². The number of carbonyl (C=O) groups excluding carboxylic acids is 1. The van der Waals surface area contributed by atoms with Crippen LogP contribution >= 0.6 is 0 Å². The second-order valence-electron chi connectivity index (χ2n) is 6.94. The number of hydrogen-bond acceptors (Lipinski definition) is 3. The van der Waals surface area contributed by atoms with Crippen LogP contribution in [0, 0.1) is 5.82 Å². The van der Waals surface area contributed by atoms with Crippen molar-refractivity contribution in [3.05, 3.63) is 89.7 Å². The average Bonchev–Trinajstić information content (AvgIpc) is 3.06. The summed E-state index contributed by atoms with van der Waals surface area (Å²) in [5, 5.41) is 2.55. The van der Waals surface area contributed by atoms with Gasteiger partial charge in [-0.05, 0) is 61.4 Å². The molecule has 3 aromatic carbocycles. The maximum absolute atomic E-state index is 13.8. The molecule has 0 spiro atoms. The molecule has 0 saturated heterocycles. The third-order valence-electron chi connectivity index (χ3n) is 4.92. The molecule has 148 valence electrons. The Kier molecular flexibility index (Phi) is 4.84. The third-order valence-corrected chi connectivity index (χ3v) is 6.86. The summed E-state index contributed by atoms with van der Waals surface area (Å²) in [5.41, 5.74) is 1.76. The zero-order valence-electron chi connectivity index (χ0n) is 15.7. The summed E-state index contributed by atoms with van der Waals surface area (Å²) in [6.07, 6.45) is 0.488. The first kappa shape index (κ1) is 19.1. The Labute approximate surface area is 168 Å². The van der Waals surface area contributed by atoms with Gasteiger partial charge < -0.3 is 5.32 Å². The molecule has 0 aliphatic carbocycles. The van der Waals surface area contributed by atoms with E-state index in [4.69, 9.17) is 0 Å². The van der Waals surface area contributed by atoms with Crippen molar-refractivity contribution >= 4 is 27.3 Å². The predicted molar refractivity (Wildman–Crippen MR) is 110 cm³/mol. The smallest absolute Gasteiger partial charge is 0.264 e. The molecule has 4 rings (SSSR count). The first-order valence-electron chi connectivity index (χ1n) is 9.16. The van der Waals surface area contributed by atoms with Gasteiger partial charge in [0.25, 0.3) is 15.9 Å². The van der Waals surface area contributed by atoms with E-state index < -0.39 is 21.7 Å². The summed E-state index contributed by atoms with van der Waals surface area (Å²) in [5.74, 6) is -0.967. The molecular formula is C22H19FN2O3S. The van der Waals surface area contributed by atoms with Crippen molar-refractivity contribution in [1.29, 1.82) is 0 Å². The van der Waals surface area contributed by atoms with Gasteiger partial charge in [0.05, 0.1) is 16.3 Å². The molecule has 29 heavy (non-hydrogen) atoms. The topological polar surface area (TPSA) is 66.5 Å². The maximum Gasteiger partial charge on any atom is 0.264 e. The Bertz CT molecular complexity index is 1180. The van der Waals surface area contributed by atoms with Gasteiger partial charge in [-0.3, -0.25) is 9.10 Å². The predicted octanol–water partition coefficient (Wildman–Crippen LogP) is 4.22. The van der Waals surface area contributed by atoms with Crippen LogP contribution < -0.4 is 9.62 Å². The minimum Gasteiger partial charge on any atom is -0.319 e. The van der Waals surface area contributed by atoms with Gasteiger partial charge in [0.15, 0.2) is 0 Å². The molecule has 1 atom stereocenters. The highest BCUT2D eigenvalue weighted by atomic mass is 32.2. The van der Waals surface area contributed by atoms with Gasteiger partial charge in [-0.15, -0.1) is 0 Å². The zero-order valence-corrected chi connectivity index (χ0v) is 16.5. The van der Waals surface area contributed by atoms with Crippen molar-refractivity contribution in [2.24, 2.45) is 0 Å². The summed E-state index contributed by atoms with van der Waals surface area (Å²) >= 11 is 0. The normalized spacial score (nSPS) is 15.8. The van der Waals surface area contributed by atoms with Crippen LogP contribution in [0.5, 0.6) is 0 Å². The maximum atomic E-state index is 13.8. The van der Waals surface area contributed by atoms with Crippen molar-refractivity contribution in [3.63, 3.8) is 0 Å². The Morgan fingerprint density at radius 2 is 1.72 bits per heavy atom. The van der Waals surface area contributed by atoms with E-state index in [0.29, 0.717) is 17.7 Å². The SMILES string of the molecule is C[C@H]1Cc2cc(C(=O)Nc3ccccc3F)ccc2N1S(=O)(=O)c1ccccc1. The monoisotopic (exact) mass is 410 g/mol. The van der Waals surface area contributed by atoms with Crippen LogP contribution in [0.2, 0.25) is 0 Å². The molecule has 0 bridgehead atoms. The quantitative estimate of drug-likeness (QED) is 0.700. The number of fused-ring (bicyclic) bond motifs is 1. The lowest BCUT2D eigenvalue weighted by molar-refractivity contribution is 0.102. The molecule has 1 aliphatic rings. The van der Waals surface area contributed by atoms with Gasteiger partial charge in [-0.1, -0.05) is 30.3 Å². The van der Waals surface area contributed by atoms with Crippen LogP contribution in [0.25, 0.3) is 0 Å². The number of halogens is 1. The molecule has 0 aromatic heterocycles. The number of hydrogen-bond donors (Lipinski definition) is 1. The van der Waals surface area contributed by atoms with Gasteiger partial charge in [0.1, 0.15) is 5.82 Å². The zero-order chi connectivity index (χ0) is 20.6. The van der Waals surface area contributed by atoms with Crippen molar-refractivity contribution < 1.29 is 17.6 Å². The molecule has 1 amide bonds. The molecule has 0 saturated carbocycles. The van der Waals surface area contributed by atoms with E-state index in [9.17, 15) is 17.6 Å². The molecule has 5 nitrogen and oxygen atoms in total. The summed E-state index contributed by atoms with van der Waals surface area (Å²) in [6, 6.07) is 18.8. The lowest BCUT2D eigenvalue weighted by Crippen LogP contribution is -2.35. The van der Waals surface area contributed by atoms with Gasteiger partial charge in [-0.25, -0.2) is 12.8 Å². The Balaban J connectivity index is 1.65. The molecular weight excluding hydrogens is 391 g/mol. The summed E-state index contributed by atoms with van der Waals surface area (Å²) in [4.78, 5) is 12.8. The molecule has 7 heteroatoms. The first-order valence-corrected chi connectivity index (χ1v) is 10.6. The molecule has 1 aliphatic heterocycles. The fraction of sp³-hybridized carbons (Fsp3) is 0.136. The van der Waals surface area contributed by atoms with Crippen molar-refractivity contribution in [2.75, 3.05) is 9.62 Å². The summed E-state index contributed by atoms with van der Waals surface area (Å²) < 4.78 is 41.4. The minimum absolute atomic E-state index is 0.0969. The highest BCUT2D eigenvalue weighted by Gasteiger charge is 2.36. The molecule has 0 unspecified atom stereocenters. The molecule has 0 radical (unpaired) electrons. The fourth-order valence-corrected chi connectivity index (χ4v) is 5.29. The minimum atomic E-state index is -3.71. The molecule has 3 aromatic rings. The van der Waals surface area contributed by atoms with E-state index in [-0.39, 0.29) is 16.6 Å². The number of anilines is 2. The highest BCUT2D eigenvalue weighted by Crippen LogP contribution is 2.37. The summed E-state index contributed by atoms with van der Waals surface area (Å²) in [7, 11) is -3.71. The standard InChI is InChI=1S/C22H19FN2O3S/c1-15-13-17-14-16(22(26)24-20-10-6-5-9-19(20)23)11-12-21(17)25(15)29(27,28)18-7-3-2-4-8-18/h2-12,14-15H,13H2,1H3,(H,24,26)/t15-/m0/s1. The molecule has 0 fully saturated rings. The first-order chi connectivity index (χ1) is 13.9. The van der Waals surface area contributed by atoms with Crippen molar-refractivity contribution in [2.45, 2.75) is 24.3 Å². The van der Waals surface area contributed by atoms with Crippen LogP contribution in [0.1, 0.15) is 22.8 Å². The Morgan fingerprint density at radius 3 is 2.45 bits per heavy atom. The van der Waals surface area contributed by atoms with E-state index in [1.165, 1.54) is 16.4 Å². The van der Waals surface area contributed by atoms with Gasteiger partial charge in [0.2, 0.25) is 0 Å². The number of benzene rings is 3. The van der Waals surface area contributed by atoms with Crippen molar-refractivity contribution in [1.82, 2.24) is 0 Å². The van der Waals surface area contributed by atoms with E-state index in [2.05, 4.69) is 5.32 Å². The lowest BCUT2D eigenvalue weighted by atomic mass is 10.1. The molecule has 1 heterocycles. The number of nitrogens with one attached hydrogen (secondary N) is 1. The average molecular weight is 410 g/mol. The van der Waals surface area contributed by atoms with Crippen LogP contribution in [-0.2, 0) is 16.4 Å². The second-order valence-corrected chi connectivity index (χ2v) is 8.76. The fourth-order valence-electron chi connectivity index (χ4n) is 3.57. The van der Waals surface area contributed by atoms with Crippen LogP contribution in [0.15, 0.2) is 77.7 Å². The van der Waals surface area contributed by atoms with E-state index in [1.807, 2.05) is 6.92 Å². The molecule has 1 N–H and O–H groups in total. The van der Waals surface area contributed by atoms with Gasteiger partial charge in [-0.2, -0.15) is 0 Å². The van der Waals surface area contributed by atoms with E-state index >= 15 is 0 Å². The van der Waals surface area contributed by atoms with Crippen LogP contribution in [0.3, 0.4) is 0 Å². The Hall–Kier alpha value is -3.19. The lowest BCUT2D eigenvalue weighted by Gasteiger charge is -2.24. The highest BCUT2D eigenvalue weighted by molar-refractivity contribution is 7.92.